The molecule has 666 valence electrons. The molecule has 0 bridgehead atoms. The van der Waals surface area contributed by atoms with Gasteiger partial charge in [-0.3, -0.25) is 9.36 Å². The highest BCUT2D eigenvalue weighted by molar-refractivity contribution is 4.98. The van der Waals surface area contributed by atoms with E-state index in [4.69, 9.17) is 0 Å². The van der Waals surface area contributed by atoms with Crippen LogP contribution >= 0.6 is 0 Å². The second kappa shape index (κ2) is 70.7. The summed E-state index contributed by atoms with van der Waals surface area (Å²) < 4.78 is 12.4. The molecule has 0 amide bonds. The highest BCUT2D eigenvalue weighted by atomic mass is 15.4. The van der Waals surface area contributed by atoms with Crippen LogP contribution in [0.25, 0.3) is 0 Å². The second-order valence-corrected chi connectivity index (χ2v) is 39.3. The summed E-state index contributed by atoms with van der Waals surface area (Å²) in [5, 5.41) is 50.0. The van der Waals surface area contributed by atoms with Crippen molar-refractivity contribution in [1.82, 2.24) is 90.0 Å². The lowest BCUT2D eigenvalue weighted by molar-refractivity contribution is 0.474. The van der Waals surface area contributed by atoms with E-state index < -0.39 is 0 Å². The van der Waals surface area contributed by atoms with Crippen molar-refractivity contribution in [1.29, 1.82) is 0 Å². The Balaban J connectivity index is 0.000000690. The number of hydrogen-bond donors (Lipinski definition) is 0. The van der Waals surface area contributed by atoms with Crippen molar-refractivity contribution in [2.24, 2.45) is 71.0 Å². The summed E-state index contributed by atoms with van der Waals surface area (Å²) in [5.41, 5.74) is 7.54. The number of nitrogens with zero attached hydrogens (tertiary/aromatic N) is 18. The van der Waals surface area contributed by atoms with E-state index in [1.807, 2.05) is 34.2 Å². The van der Waals surface area contributed by atoms with Gasteiger partial charge in [0.1, 0.15) is 0 Å². The van der Waals surface area contributed by atoms with Gasteiger partial charge in [-0.2, -0.15) is 0 Å². The standard InChI is InChI=1S/C17H33N3.5C16H31N3/c1-15(2)10-8-6-5-7-9-13-20-17(14-18-19-20)12-11-16(3)4;1-14(2)9-6-5-7-12-19-16(13-17-18-19)11-8-10-15(3)4;2*1-14(2)9-7-5-6-8-12-19-16(13-17-18-19)11-10-15(3)4;2*1-14(2)9-7-5-6-8-10-16-13-19(18-17-16)12-11-15(3)4/h14-16H,5-13H2,1-4H3;5*13-15H,5-12H2,1-4H3. The fourth-order valence-electron chi connectivity index (χ4n) is 13.6. The Kier molecular flexibility index (Phi) is 66.3. The van der Waals surface area contributed by atoms with E-state index >= 15 is 0 Å². The van der Waals surface area contributed by atoms with Gasteiger partial charge in [-0.1, -0.05) is 358 Å². The highest BCUT2D eigenvalue weighted by Gasteiger charge is 2.12. The molecule has 115 heavy (non-hydrogen) atoms. The van der Waals surface area contributed by atoms with Gasteiger partial charge >= 0.3 is 0 Å². The monoisotopic (exact) mass is 1610 g/mol. The molecule has 0 aliphatic heterocycles. The number of unbranched alkanes of at least 4 members (excludes halogenated alkanes) is 18. The number of aryl methyl sites for hydroxylation is 12. The zero-order valence-electron chi connectivity index (χ0n) is 80.1. The molecular formula is C97H188N18. The Hall–Kier alpha value is -5.16. The molecule has 18 nitrogen and oxygen atoms in total. The molecule has 0 spiro atoms. The topological polar surface area (TPSA) is 184 Å². The first-order chi connectivity index (χ1) is 55.0. The van der Waals surface area contributed by atoms with Crippen molar-refractivity contribution >= 4 is 0 Å². The van der Waals surface area contributed by atoms with Crippen LogP contribution in [0.15, 0.2) is 37.2 Å². The minimum Gasteiger partial charge on any atom is -0.252 e. The molecule has 0 saturated carbocycles. The van der Waals surface area contributed by atoms with E-state index in [1.54, 1.807) is 0 Å². The van der Waals surface area contributed by atoms with E-state index in [1.165, 1.54) is 260 Å². The van der Waals surface area contributed by atoms with Gasteiger partial charge in [0.2, 0.25) is 0 Å². The Morgan fingerprint density at radius 3 is 0.652 bits per heavy atom. The molecule has 6 heterocycles. The molecule has 0 radical (unpaired) electrons. The molecule has 6 aromatic heterocycles. The lowest BCUT2D eigenvalue weighted by Gasteiger charge is -2.08. The van der Waals surface area contributed by atoms with Crippen LogP contribution in [0, 0.1) is 71.0 Å². The van der Waals surface area contributed by atoms with Crippen molar-refractivity contribution < 1.29 is 0 Å². The summed E-state index contributed by atoms with van der Waals surface area (Å²) in [7, 11) is 0. The normalized spacial score (nSPS) is 11.7. The molecule has 18 heteroatoms. The largest absolute Gasteiger partial charge is 0.252 e. The fourth-order valence-corrected chi connectivity index (χ4v) is 13.6. The Bertz CT molecular complexity index is 2880. The van der Waals surface area contributed by atoms with Crippen LogP contribution in [0.3, 0.4) is 0 Å². The van der Waals surface area contributed by atoms with Gasteiger partial charge in [-0.25, -0.2) is 18.7 Å². The molecule has 6 aromatic rings. The van der Waals surface area contributed by atoms with Crippen molar-refractivity contribution in [3.05, 3.63) is 71.3 Å². The zero-order valence-corrected chi connectivity index (χ0v) is 80.1. The molecule has 0 unspecified atom stereocenters. The Labute approximate surface area is 710 Å². The SMILES string of the molecule is CC(C)CCCCCCCn1nncc1CCC(C)C.CC(C)CCCCCCc1cn(CCC(C)C)nn1.CC(C)CCCCCCc1cn(CCC(C)C)nn1.CC(C)CCCCCCn1nncc1CCC(C)C.CC(C)CCCCCCn1nncc1CCC(C)C.CC(C)CCCCCn1nncc1CCCC(C)C. The lowest BCUT2D eigenvalue weighted by Crippen LogP contribution is -2.06. The van der Waals surface area contributed by atoms with Crippen LogP contribution in [-0.4, -0.2) is 90.0 Å². The van der Waals surface area contributed by atoms with Gasteiger partial charge in [0.15, 0.2) is 0 Å². The maximum absolute atomic E-state index is 4.25. The third kappa shape index (κ3) is 65.4. The van der Waals surface area contributed by atoms with Crippen LogP contribution in [0.5, 0.6) is 0 Å². The first kappa shape index (κ1) is 108. The molecule has 0 fully saturated rings. The van der Waals surface area contributed by atoms with E-state index in [0.717, 1.165) is 160 Å². The molecular weight excluding hydrogens is 1420 g/mol. The molecule has 0 saturated heterocycles. The summed E-state index contributed by atoms with van der Waals surface area (Å²) in [6.07, 6.45) is 67.1. The highest BCUT2D eigenvalue weighted by Crippen LogP contribution is 2.20. The average molecular weight is 1610 g/mol. The maximum atomic E-state index is 4.25. The van der Waals surface area contributed by atoms with Gasteiger partial charge in [0.05, 0.1) is 59.0 Å². The summed E-state index contributed by atoms with van der Waals surface area (Å²) in [6.45, 7) is 60.9. The zero-order chi connectivity index (χ0) is 85.2. The first-order valence-electron chi connectivity index (χ1n) is 48.3. The minimum absolute atomic E-state index is 0.730. The average Bonchev–Trinajstić information content (AvgIpc) is 1.79. The lowest BCUT2D eigenvalue weighted by atomic mass is 10.0. The van der Waals surface area contributed by atoms with Crippen molar-refractivity contribution in [3.8, 4) is 0 Å². The van der Waals surface area contributed by atoms with E-state index in [9.17, 15) is 0 Å². The van der Waals surface area contributed by atoms with Crippen LogP contribution in [0.4, 0.5) is 0 Å². The summed E-state index contributed by atoms with van der Waals surface area (Å²) >= 11 is 0. The maximum Gasteiger partial charge on any atom is 0.0827 e. The summed E-state index contributed by atoms with van der Waals surface area (Å²) in [6, 6.07) is 0. The van der Waals surface area contributed by atoms with E-state index in [2.05, 4.69) is 259 Å². The minimum atomic E-state index is 0.730. The van der Waals surface area contributed by atoms with E-state index in [-0.39, 0.29) is 0 Å². The van der Waals surface area contributed by atoms with Gasteiger partial charge in [0, 0.05) is 51.7 Å². The molecule has 0 N–H and O–H groups in total. The molecule has 6 rings (SSSR count). The summed E-state index contributed by atoms with van der Waals surface area (Å²) in [4.78, 5) is 0. The quantitative estimate of drug-likeness (QED) is 0.0330. The fraction of sp³-hybridized carbons (Fsp3) is 0.876. The van der Waals surface area contributed by atoms with Gasteiger partial charge < -0.3 is 0 Å². The predicted octanol–water partition coefficient (Wildman–Crippen LogP) is 27.2. The smallest absolute Gasteiger partial charge is 0.0827 e. The van der Waals surface area contributed by atoms with Crippen LogP contribution in [0.1, 0.15) is 438 Å². The van der Waals surface area contributed by atoms with Crippen molar-refractivity contribution in [2.75, 3.05) is 0 Å². The van der Waals surface area contributed by atoms with Crippen LogP contribution in [0.2, 0.25) is 0 Å². The number of hydrogen-bond acceptors (Lipinski definition) is 12. The van der Waals surface area contributed by atoms with Crippen molar-refractivity contribution in [3.63, 3.8) is 0 Å². The van der Waals surface area contributed by atoms with Crippen LogP contribution in [-0.2, 0) is 77.8 Å². The third-order valence-corrected chi connectivity index (χ3v) is 21.5. The molecule has 0 aliphatic carbocycles. The van der Waals surface area contributed by atoms with E-state index in [0.29, 0.717) is 0 Å². The number of rotatable bonds is 61. The van der Waals surface area contributed by atoms with Crippen molar-refractivity contribution in [2.45, 2.75) is 482 Å². The molecule has 0 aliphatic rings. The molecule has 0 aromatic carbocycles. The summed E-state index contributed by atoms with van der Waals surface area (Å²) in [5.74, 6) is 9.57. The predicted molar refractivity (Wildman–Crippen MR) is 491 cm³/mol. The van der Waals surface area contributed by atoms with Crippen LogP contribution < -0.4 is 0 Å². The van der Waals surface area contributed by atoms with Gasteiger partial charge in [0.25, 0.3) is 0 Å². The number of aromatic nitrogens is 18. The Morgan fingerprint density at radius 2 is 0.400 bits per heavy atom. The Morgan fingerprint density at radius 1 is 0.191 bits per heavy atom. The van der Waals surface area contributed by atoms with Gasteiger partial charge in [-0.15, -0.1) is 30.6 Å². The third-order valence-electron chi connectivity index (χ3n) is 21.5. The molecule has 0 atom stereocenters. The first-order valence-corrected chi connectivity index (χ1v) is 48.3. The second-order valence-electron chi connectivity index (χ2n) is 39.3. The van der Waals surface area contributed by atoms with Gasteiger partial charge in [-0.05, 0) is 187 Å².